The third-order valence-electron chi connectivity index (χ3n) is 2.43. The number of hydrogen-bond acceptors (Lipinski definition) is 4. The van der Waals surface area contributed by atoms with Crippen molar-refractivity contribution in [1.82, 2.24) is 16.0 Å². The van der Waals surface area contributed by atoms with E-state index in [0.717, 1.165) is 6.42 Å². The number of carbonyl (C=O) groups excluding carboxylic acids is 2. The van der Waals surface area contributed by atoms with E-state index < -0.39 is 18.0 Å². The monoisotopic (exact) mass is 259 g/mol. The van der Waals surface area contributed by atoms with Crippen LogP contribution in [0, 0.1) is 5.92 Å². The molecule has 6 nitrogen and oxygen atoms in total. The molecule has 18 heavy (non-hydrogen) atoms. The molecule has 2 unspecified atom stereocenters. The number of rotatable bonds is 7. The van der Waals surface area contributed by atoms with E-state index in [2.05, 4.69) is 16.0 Å². The average Bonchev–Trinajstić information content (AvgIpc) is 2.27. The summed E-state index contributed by atoms with van der Waals surface area (Å²) in [5, 5.41) is 16.9. The Kier molecular flexibility index (Phi) is 8.32. The topological polar surface area (TPSA) is 90.5 Å². The first kappa shape index (κ1) is 16.9. The summed E-state index contributed by atoms with van der Waals surface area (Å²) in [6.07, 6.45) is 0.773. The van der Waals surface area contributed by atoms with Crippen LogP contribution in [0.4, 0.5) is 4.79 Å². The van der Waals surface area contributed by atoms with Gasteiger partial charge in [-0.15, -0.1) is 0 Å². The van der Waals surface area contributed by atoms with Crippen molar-refractivity contribution < 1.29 is 14.7 Å². The van der Waals surface area contributed by atoms with E-state index in [1.165, 1.54) is 0 Å². The summed E-state index contributed by atoms with van der Waals surface area (Å²) in [7, 11) is 0. The molecule has 0 rings (SSSR count). The van der Waals surface area contributed by atoms with Crippen LogP contribution in [0.2, 0.25) is 0 Å². The van der Waals surface area contributed by atoms with Crippen molar-refractivity contribution in [2.24, 2.45) is 5.92 Å². The lowest BCUT2D eigenvalue weighted by atomic mass is 10.0. The number of aliphatic hydroxyl groups is 1. The Morgan fingerprint density at radius 3 is 2.28 bits per heavy atom. The molecule has 0 fully saturated rings. The summed E-state index contributed by atoms with van der Waals surface area (Å²) in [5.41, 5.74) is 0. The van der Waals surface area contributed by atoms with Gasteiger partial charge in [-0.1, -0.05) is 13.8 Å². The minimum atomic E-state index is -0.525. The fourth-order valence-corrected chi connectivity index (χ4v) is 1.62. The largest absolute Gasteiger partial charge is 0.395 e. The van der Waals surface area contributed by atoms with Crippen LogP contribution in [0.5, 0.6) is 0 Å². The van der Waals surface area contributed by atoms with Crippen molar-refractivity contribution in [1.29, 1.82) is 0 Å². The van der Waals surface area contributed by atoms with Crippen LogP contribution in [0.3, 0.4) is 0 Å². The Hall–Kier alpha value is -1.14. The van der Waals surface area contributed by atoms with E-state index in [4.69, 9.17) is 0 Å². The van der Waals surface area contributed by atoms with Gasteiger partial charge in [0.05, 0.1) is 12.6 Å². The fraction of sp³-hybridized carbons (Fsp3) is 0.833. The molecule has 0 heterocycles. The second-order valence-corrected chi connectivity index (χ2v) is 4.75. The Morgan fingerprint density at radius 1 is 1.22 bits per heavy atom. The lowest BCUT2D eigenvalue weighted by Crippen LogP contribution is -2.51. The molecule has 0 aromatic heterocycles. The van der Waals surface area contributed by atoms with E-state index in [1.54, 1.807) is 13.8 Å². The van der Waals surface area contributed by atoms with Crippen molar-refractivity contribution >= 4 is 11.9 Å². The molecule has 106 valence electrons. The molecule has 0 aromatic carbocycles. The molecule has 0 bridgehead atoms. The number of urea groups is 1. The number of amides is 3. The predicted octanol–water partition coefficient (Wildman–Crippen LogP) is 0.217. The van der Waals surface area contributed by atoms with Crippen molar-refractivity contribution in [2.75, 3.05) is 13.2 Å². The van der Waals surface area contributed by atoms with Crippen LogP contribution >= 0.6 is 0 Å². The first-order valence-electron chi connectivity index (χ1n) is 6.36. The maximum Gasteiger partial charge on any atom is 0.321 e. The Morgan fingerprint density at radius 2 is 1.83 bits per heavy atom. The first-order valence-corrected chi connectivity index (χ1v) is 6.36. The maximum absolute atomic E-state index is 11.6. The SMILES string of the molecule is CCNC(=O)NC(=O)C(C)NC(CO)CC(C)C. The van der Waals surface area contributed by atoms with E-state index in [0.29, 0.717) is 12.5 Å². The summed E-state index contributed by atoms with van der Waals surface area (Å²) in [6.45, 7) is 7.96. The van der Waals surface area contributed by atoms with Gasteiger partial charge in [-0.05, 0) is 26.2 Å². The van der Waals surface area contributed by atoms with Gasteiger partial charge in [0, 0.05) is 12.6 Å². The third kappa shape index (κ3) is 7.24. The molecular weight excluding hydrogens is 234 g/mol. The van der Waals surface area contributed by atoms with Gasteiger partial charge in [-0.2, -0.15) is 0 Å². The highest BCUT2D eigenvalue weighted by Crippen LogP contribution is 2.04. The minimum Gasteiger partial charge on any atom is -0.395 e. The van der Waals surface area contributed by atoms with Crippen LogP contribution < -0.4 is 16.0 Å². The highest BCUT2D eigenvalue weighted by molar-refractivity contribution is 5.96. The molecule has 0 spiro atoms. The van der Waals surface area contributed by atoms with Gasteiger partial charge in [0.1, 0.15) is 0 Å². The zero-order chi connectivity index (χ0) is 14.1. The van der Waals surface area contributed by atoms with Crippen molar-refractivity contribution in [3.05, 3.63) is 0 Å². The van der Waals surface area contributed by atoms with Gasteiger partial charge in [-0.3, -0.25) is 10.1 Å². The van der Waals surface area contributed by atoms with Crippen LogP contribution in [-0.2, 0) is 4.79 Å². The van der Waals surface area contributed by atoms with Crippen LogP contribution in [-0.4, -0.2) is 42.3 Å². The highest BCUT2D eigenvalue weighted by atomic mass is 16.3. The molecule has 6 heteroatoms. The van der Waals surface area contributed by atoms with E-state index in [9.17, 15) is 14.7 Å². The van der Waals surface area contributed by atoms with Crippen molar-refractivity contribution in [3.8, 4) is 0 Å². The number of aliphatic hydroxyl groups excluding tert-OH is 1. The number of imide groups is 1. The van der Waals surface area contributed by atoms with Gasteiger partial charge < -0.3 is 15.7 Å². The van der Waals surface area contributed by atoms with Gasteiger partial charge >= 0.3 is 6.03 Å². The maximum atomic E-state index is 11.6. The van der Waals surface area contributed by atoms with Gasteiger partial charge in [0.15, 0.2) is 0 Å². The van der Waals surface area contributed by atoms with Gasteiger partial charge in [0.2, 0.25) is 5.91 Å². The second kappa shape index (κ2) is 8.88. The molecule has 3 amide bonds. The fourth-order valence-electron chi connectivity index (χ4n) is 1.62. The van der Waals surface area contributed by atoms with Crippen LogP contribution in [0.15, 0.2) is 0 Å². The lowest BCUT2D eigenvalue weighted by molar-refractivity contribution is -0.121. The van der Waals surface area contributed by atoms with Crippen molar-refractivity contribution in [3.63, 3.8) is 0 Å². The summed E-state index contributed by atoms with van der Waals surface area (Å²) in [4.78, 5) is 22.8. The van der Waals surface area contributed by atoms with Crippen LogP contribution in [0.25, 0.3) is 0 Å². The zero-order valence-corrected chi connectivity index (χ0v) is 11.6. The number of hydrogen-bond donors (Lipinski definition) is 4. The average molecular weight is 259 g/mol. The standard InChI is InChI=1S/C12H25N3O3/c1-5-13-12(18)15-11(17)9(4)14-10(7-16)6-8(2)3/h8-10,14,16H,5-7H2,1-4H3,(H2,13,15,17,18). The Labute approximate surface area is 109 Å². The Bertz CT molecular complexity index is 269. The summed E-state index contributed by atoms with van der Waals surface area (Å²) in [6, 6.07) is -1.16. The lowest BCUT2D eigenvalue weighted by Gasteiger charge is -2.22. The van der Waals surface area contributed by atoms with Crippen LogP contribution in [0.1, 0.15) is 34.1 Å². The van der Waals surface area contributed by atoms with Gasteiger partial charge in [-0.25, -0.2) is 4.79 Å². The van der Waals surface area contributed by atoms with E-state index >= 15 is 0 Å². The molecule has 0 radical (unpaired) electrons. The third-order valence-corrected chi connectivity index (χ3v) is 2.43. The predicted molar refractivity (Wildman–Crippen MR) is 70.1 cm³/mol. The molecule has 0 saturated heterocycles. The molecule has 0 saturated carbocycles. The Balaban J connectivity index is 4.16. The first-order chi connectivity index (χ1) is 8.40. The minimum absolute atomic E-state index is 0.0308. The van der Waals surface area contributed by atoms with Gasteiger partial charge in [0.25, 0.3) is 0 Å². The summed E-state index contributed by atoms with van der Waals surface area (Å²) < 4.78 is 0. The molecule has 0 aliphatic rings. The summed E-state index contributed by atoms with van der Waals surface area (Å²) >= 11 is 0. The highest BCUT2D eigenvalue weighted by Gasteiger charge is 2.19. The number of nitrogens with one attached hydrogen (secondary N) is 3. The molecule has 0 aliphatic carbocycles. The number of carbonyl (C=O) groups is 2. The molecule has 0 aliphatic heterocycles. The normalized spacial score (nSPS) is 14.1. The van der Waals surface area contributed by atoms with Crippen molar-refractivity contribution in [2.45, 2.75) is 46.2 Å². The molecular formula is C12H25N3O3. The smallest absolute Gasteiger partial charge is 0.321 e. The quantitative estimate of drug-likeness (QED) is 0.526. The zero-order valence-electron chi connectivity index (χ0n) is 11.6. The summed E-state index contributed by atoms with van der Waals surface area (Å²) in [5.74, 6) is 0.0245. The molecule has 4 N–H and O–H groups in total. The molecule has 2 atom stereocenters. The van der Waals surface area contributed by atoms with E-state index in [-0.39, 0.29) is 12.6 Å². The molecule has 0 aromatic rings. The second-order valence-electron chi connectivity index (χ2n) is 4.75. The van der Waals surface area contributed by atoms with E-state index in [1.807, 2.05) is 13.8 Å².